The summed E-state index contributed by atoms with van der Waals surface area (Å²) in [5.41, 5.74) is -1.20. The molecule has 0 spiro atoms. The van der Waals surface area contributed by atoms with Crippen LogP contribution in [0.15, 0.2) is 45.9 Å². The highest BCUT2D eigenvalue weighted by atomic mass is 35.5. The molecule has 0 bridgehead atoms. The van der Waals surface area contributed by atoms with E-state index in [0.717, 1.165) is 12.1 Å². The number of sulfonamides is 1. The Kier molecular flexibility index (Phi) is 5.82. The Balaban J connectivity index is 2.25. The number of hydrogen-bond acceptors (Lipinski definition) is 4. The summed E-state index contributed by atoms with van der Waals surface area (Å²) in [4.78, 5) is 1.21. The van der Waals surface area contributed by atoms with E-state index in [1.54, 1.807) is 31.1 Å². The fourth-order valence-corrected chi connectivity index (χ4v) is 3.47. The molecular weight excluding hydrogens is 381 g/mol. The predicted molar refractivity (Wildman–Crippen MR) is 86.8 cm³/mol. The number of rotatable bonds is 6. The highest BCUT2D eigenvalue weighted by Crippen LogP contribution is 2.35. The molecule has 1 heterocycles. The van der Waals surface area contributed by atoms with Crippen molar-refractivity contribution in [3.8, 4) is 0 Å². The van der Waals surface area contributed by atoms with Crippen molar-refractivity contribution in [3.63, 3.8) is 0 Å². The van der Waals surface area contributed by atoms with Crippen LogP contribution in [0.4, 0.5) is 13.2 Å². The number of halogens is 4. The van der Waals surface area contributed by atoms with E-state index in [2.05, 4.69) is 4.72 Å². The second-order valence-electron chi connectivity index (χ2n) is 5.49. The Morgan fingerprint density at radius 2 is 1.96 bits per heavy atom. The molecule has 10 heteroatoms. The van der Waals surface area contributed by atoms with Gasteiger partial charge in [-0.05, 0) is 44.4 Å². The van der Waals surface area contributed by atoms with Crippen molar-refractivity contribution in [1.29, 1.82) is 0 Å². The van der Waals surface area contributed by atoms with Crippen LogP contribution in [0.25, 0.3) is 0 Å². The minimum absolute atomic E-state index is 0.0766. The zero-order chi connectivity index (χ0) is 18.8. The maximum atomic E-state index is 12.9. The maximum Gasteiger partial charge on any atom is 0.417 e. The second-order valence-corrected chi connectivity index (χ2v) is 7.66. The van der Waals surface area contributed by atoms with E-state index in [0.29, 0.717) is 11.8 Å². The monoisotopic (exact) mass is 396 g/mol. The largest absolute Gasteiger partial charge is 0.468 e. The molecule has 0 radical (unpaired) electrons. The topological polar surface area (TPSA) is 62.6 Å². The fourth-order valence-electron chi connectivity index (χ4n) is 2.18. The summed E-state index contributed by atoms with van der Waals surface area (Å²) in [5, 5.41) is -0.562. The van der Waals surface area contributed by atoms with Crippen LogP contribution < -0.4 is 4.72 Å². The number of likely N-dealkylation sites (N-methyl/N-ethyl adjacent to an activating group) is 1. The van der Waals surface area contributed by atoms with Gasteiger partial charge in [-0.3, -0.25) is 4.90 Å². The molecule has 0 aliphatic rings. The van der Waals surface area contributed by atoms with Gasteiger partial charge < -0.3 is 4.42 Å². The minimum Gasteiger partial charge on any atom is -0.468 e. The molecule has 138 valence electrons. The number of benzene rings is 1. The van der Waals surface area contributed by atoms with Crippen molar-refractivity contribution < 1.29 is 26.0 Å². The zero-order valence-electron chi connectivity index (χ0n) is 13.3. The van der Waals surface area contributed by atoms with Crippen LogP contribution in [0, 0.1) is 0 Å². The minimum atomic E-state index is -4.75. The fraction of sp³-hybridized carbons (Fsp3) is 0.333. The summed E-state index contributed by atoms with van der Waals surface area (Å²) in [6, 6.07) is 5.38. The lowest BCUT2D eigenvalue weighted by molar-refractivity contribution is -0.137. The molecule has 1 N–H and O–H groups in total. The van der Waals surface area contributed by atoms with E-state index in [1.807, 2.05) is 0 Å². The van der Waals surface area contributed by atoms with E-state index >= 15 is 0 Å². The number of hydrogen-bond donors (Lipinski definition) is 1. The Morgan fingerprint density at radius 3 is 2.48 bits per heavy atom. The maximum absolute atomic E-state index is 12.9. The van der Waals surface area contributed by atoms with Crippen LogP contribution in [-0.2, 0) is 16.2 Å². The average Bonchev–Trinajstić information content (AvgIpc) is 3.00. The van der Waals surface area contributed by atoms with Crippen molar-refractivity contribution in [3.05, 3.63) is 52.9 Å². The average molecular weight is 397 g/mol. The summed E-state index contributed by atoms with van der Waals surface area (Å²) < 4.78 is 71.0. The summed E-state index contributed by atoms with van der Waals surface area (Å²) in [5.74, 6) is 0.528. The van der Waals surface area contributed by atoms with Gasteiger partial charge in [0.1, 0.15) is 5.76 Å². The lowest BCUT2D eigenvalue weighted by Gasteiger charge is -2.22. The van der Waals surface area contributed by atoms with Gasteiger partial charge in [0.2, 0.25) is 10.0 Å². The highest BCUT2D eigenvalue weighted by molar-refractivity contribution is 7.89. The molecule has 0 unspecified atom stereocenters. The molecule has 0 aliphatic carbocycles. The van der Waals surface area contributed by atoms with Gasteiger partial charge in [0, 0.05) is 6.54 Å². The SMILES string of the molecule is CN(C)[C@@H](CNS(=O)(=O)c1ccc(Cl)c(C(F)(F)F)c1)c1ccco1. The van der Waals surface area contributed by atoms with Crippen LogP contribution in [0.3, 0.4) is 0 Å². The van der Waals surface area contributed by atoms with E-state index in [9.17, 15) is 21.6 Å². The van der Waals surface area contributed by atoms with E-state index in [4.69, 9.17) is 16.0 Å². The first kappa shape index (κ1) is 19.8. The third-order valence-electron chi connectivity index (χ3n) is 3.52. The molecule has 1 aromatic carbocycles. The second kappa shape index (κ2) is 7.36. The zero-order valence-corrected chi connectivity index (χ0v) is 14.9. The molecule has 2 aromatic rings. The van der Waals surface area contributed by atoms with Crippen LogP contribution in [0.2, 0.25) is 5.02 Å². The summed E-state index contributed by atoms with van der Waals surface area (Å²) in [6.45, 7) is -0.0766. The molecule has 0 fully saturated rings. The first-order valence-electron chi connectivity index (χ1n) is 7.08. The summed E-state index contributed by atoms with van der Waals surface area (Å²) in [7, 11) is -0.701. The molecule has 1 atom stereocenters. The molecule has 5 nitrogen and oxygen atoms in total. The Labute approximate surface area is 148 Å². The number of nitrogens with zero attached hydrogens (tertiary/aromatic N) is 1. The van der Waals surface area contributed by atoms with Crippen LogP contribution in [0.1, 0.15) is 17.4 Å². The number of furan rings is 1. The molecule has 0 saturated carbocycles. The smallest absolute Gasteiger partial charge is 0.417 e. The van der Waals surface area contributed by atoms with Gasteiger partial charge in [-0.25, -0.2) is 13.1 Å². The van der Waals surface area contributed by atoms with Crippen molar-refractivity contribution in [2.24, 2.45) is 0 Å². The van der Waals surface area contributed by atoms with Crippen molar-refractivity contribution >= 4 is 21.6 Å². The van der Waals surface area contributed by atoms with Crippen LogP contribution >= 0.6 is 11.6 Å². The third-order valence-corrected chi connectivity index (χ3v) is 5.27. The lowest BCUT2D eigenvalue weighted by Crippen LogP contribution is -2.34. The van der Waals surface area contributed by atoms with E-state index in [-0.39, 0.29) is 6.54 Å². The van der Waals surface area contributed by atoms with Gasteiger partial charge in [0.25, 0.3) is 0 Å². The molecule has 2 rings (SSSR count). The Morgan fingerprint density at radius 1 is 1.28 bits per heavy atom. The van der Waals surface area contributed by atoms with Gasteiger partial charge >= 0.3 is 6.18 Å². The first-order chi connectivity index (χ1) is 11.5. The van der Waals surface area contributed by atoms with Crippen molar-refractivity contribution in [1.82, 2.24) is 9.62 Å². The van der Waals surface area contributed by atoms with Gasteiger partial charge in [-0.2, -0.15) is 13.2 Å². The normalized spacial score (nSPS) is 14.0. The van der Waals surface area contributed by atoms with Crippen LogP contribution in [0.5, 0.6) is 0 Å². The standard InChI is InChI=1S/C15H16ClF3N2O3S/c1-21(2)13(14-4-3-7-24-14)9-20-25(22,23)10-5-6-12(16)11(8-10)15(17,18)19/h3-8,13,20H,9H2,1-2H3/t13-/m0/s1. The van der Waals surface area contributed by atoms with E-state index < -0.39 is 37.7 Å². The van der Waals surface area contributed by atoms with Crippen molar-refractivity contribution in [2.75, 3.05) is 20.6 Å². The molecule has 1 aromatic heterocycles. The molecule has 0 amide bonds. The molecule has 0 saturated heterocycles. The third kappa shape index (κ3) is 4.75. The molecular formula is C15H16ClF3N2O3S. The summed E-state index contributed by atoms with van der Waals surface area (Å²) in [6.07, 6.45) is -3.29. The quantitative estimate of drug-likeness (QED) is 0.811. The lowest BCUT2D eigenvalue weighted by atomic mass is 10.2. The van der Waals surface area contributed by atoms with Crippen LogP contribution in [-0.4, -0.2) is 34.0 Å². The Hall–Kier alpha value is -1.55. The number of nitrogens with one attached hydrogen (secondary N) is 1. The number of alkyl halides is 3. The molecule has 0 aliphatic heterocycles. The highest BCUT2D eigenvalue weighted by Gasteiger charge is 2.34. The summed E-state index contributed by atoms with van der Waals surface area (Å²) >= 11 is 5.51. The van der Waals surface area contributed by atoms with Gasteiger partial charge in [-0.15, -0.1) is 0 Å². The Bertz CT molecular complexity index is 821. The van der Waals surface area contributed by atoms with E-state index in [1.165, 1.54) is 6.26 Å². The van der Waals surface area contributed by atoms with Gasteiger partial charge in [0.15, 0.2) is 0 Å². The van der Waals surface area contributed by atoms with Crippen molar-refractivity contribution in [2.45, 2.75) is 17.1 Å². The predicted octanol–water partition coefficient (Wildman–Crippen LogP) is 3.53. The van der Waals surface area contributed by atoms with Gasteiger partial charge in [0.05, 0.1) is 27.8 Å². The van der Waals surface area contributed by atoms with Gasteiger partial charge in [-0.1, -0.05) is 11.6 Å². The first-order valence-corrected chi connectivity index (χ1v) is 8.94. The molecule has 25 heavy (non-hydrogen) atoms.